The van der Waals surface area contributed by atoms with Crippen molar-refractivity contribution in [1.82, 2.24) is 10.3 Å². The summed E-state index contributed by atoms with van der Waals surface area (Å²) in [5.41, 5.74) is 1.95. The van der Waals surface area contributed by atoms with Crippen molar-refractivity contribution >= 4 is 37.5 Å². The first kappa shape index (κ1) is 11.4. The van der Waals surface area contributed by atoms with Gasteiger partial charge in [0.15, 0.2) is 0 Å². The summed E-state index contributed by atoms with van der Waals surface area (Å²) in [7, 11) is 0. The quantitative estimate of drug-likeness (QED) is 0.850. The van der Waals surface area contributed by atoms with Gasteiger partial charge in [0.2, 0.25) is 0 Å². The van der Waals surface area contributed by atoms with E-state index in [4.69, 9.17) is 0 Å². The van der Waals surface area contributed by atoms with Crippen LogP contribution in [0.5, 0.6) is 0 Å². The van der Waals surface area contributed by atoms with Crippen LogP contribution in [0.15, 0.2) is 20.7 Å². The molecule has 90 valence electrons. The average molecular weight is 313 g/mol. The highest BCUT2D eigenvalue weighted by atomic mass is 79.9. The smallest absolute Gasteiger partial charge is 0.251 e. The largest absolute Gasteiger partial charge is 0.320 e. The molecule has 0 amide bonds. The molecule has 5 heteroatoms. The van der Waals surface area contributed by atoms with Gasteiger partial charge in [0.1, 0.15) is 0 Å². The van der Waals surface area contributed by atoms with Crippen molar-refractivity contribution in [3.8, 4) is 0 Å². The number of nitrogens with one attached hydrogen (secondary N) is 2. The molecule has 1 aliphatic rings. The summed E-state index contributed by atoms with van der Waals surface area (Å²) in [6.45, 7) is 2.02. The van der Waals surface area contributed by atoms with Crippen LogP contribution in [-0.4, -0.2) is 18.1 Å². The predicted molar refractivity (Wildman–Crippen MR) is 75.0 cm³/mol. The van der Waals surface area contributed by atoms with Gasteiger partial charge >= 0.3 is 0 Å². The molecule has 2 aromatic heterocycles. The van der Waals surface area contributed by atoms with Crippen molar-refractivity contribution < 1.29 is 0 Å². The van der Waals surface area contributed by atoms with E-state index in [-0.39, 0.29) is 5.56 Å². The Hall–Kier alpha value is -0.650. The number of hydrogen-bond acceptors (Lipinski definition) is 3. The predicted octanol–water partition coefficient (Wildman–Crippen LogP) is 2.82. The van der Waals surface area contributed by atoms with Crippen molar-refractivity contribution in [1.29, 1.82) is 0 Å². The van der Waals surface area contributed by atoms with Gasteiger partial charge in [-0.15, -0.1) is 11.3 Å². The number of halogens is 1. The molecular weight excluding hydrogens is 300 g/mol. The van der Waals surface area contributed by atoms with E-state index < -0.39 is 0 Å². The third-order valence-electron chi connectivity index (χ3n) is 3.34. The number of aromatic nitrogens is 1. The molecule has 0 bridgehead atoms. The van der Waals surface area contributed by atoms with E-state index in [0.717, 1.165) is 46.2 Å². The molecule has 2 N–H and O–H groups in total. The van der Waals surface area contributed by atoms with Gasteiger partial charge in [0.05, 0.1) is 14.7 Å². The van der Waals surface area contributed by atoms with Crippen LogP contribution in [0.25, 0.3) is 10.2 Å². The van der Waals surface area contributed by atoms with E-state index in [1.165, 1.54) is 0 Å². The molecule has 3 heterocycles. The Labute approximate surface area is 111 Å². The lowest BCUT2D eigenvalue weighted by Crippen LogP contribution is -2.29. The van der Waals surface area contributed by atoms with Crippen molar-refractivity contribution in [2.45, 2.75) is 18.8 Å². The first-order chi connectivity index (χ1) is 8.25. The van der Waals surface area contributed by atoms with E-state index in [2.05, 4.69) is 32.3 Å². The van der Waals surface area contributed by atoms with Crippen LogP contribution in [0.1, 0.15) is 24.3 Å². The molecule has 1 saturated heterocycles. The van der Waals surface area contributed by atoms with Gasteiger partial charge in [0, 0.05) is 10.9 Å². The van der Waals surface area contributed by atoms with Crippen LogP contribution < -0.4 is 10.9 Å². The van der Waals surface area contributed by atoms with Crippen LogP contribution in [-0.2, 0) is 0 Å². The average Bonchev–Trinajstić information content (AvgIpc) is 2.71. The van der Waals surface area contributed by atoms with Crippen LogP contribution in [0, 0.1) is 0 Å². The number of rotatable bonds is 1. The molecule has 1 fully saturated rings. The van der Waals surface area contributed by atoms with E-state index in [1.54, 1.807) is 11.3 Å². The standard InChI is InChI=1S/C12H13BrN2OS/c13-9-6-17-10-5-8(12(16)15-11(9)10)7-1-3-14-4-2-7/h5-7,14H,1-4H2,(H,15,16). The summed E-state index contributed by atoms with van der Waals surface area (Å²) in [5, 5.41) is 5.35. The molecule has 0 unspecified atom stereocenters. The lowest BCUT2D eigenvalue weighted by atomic mass is 9.91. The van der Waals surface area contributed by atoms with E-state index in [9.17, 15) is 4.79 Å². The van der Waals surface area contributed by atoms with Crippen molar-refractivity contribution in [3.05, 3.63) is 31.8 Å². The second-order valence-electron chi connectivity index (χ2n) is 4.40. The minimum atomic E-state index is 0.0727. The molecule has 0 radical (unpaired) electrons. The van der Waals surface area contributed by atoms with Crippen molar-refractivity contribution in [3.63, 3.8) is 0 Å². The number of aromatic amines is 1. The van der Waals surface area contributed by atoms with Gasteiger partial charge in [-0.1, -0.05) is 0 Å². The van der Waals surface area contributed by atoms with E-state index >= 15 is 0 Å². The SMILES string of the molecule is O=c1[nH]c2c(Br)csc2cc1C1CCNCC1. The topological polar surface area (TPSA) is 44.9 Å². The lowest BCUT2D eigenvalue weighted by molar-refractivity contribution is 0.458. The lowest BCUT2D eigenvalue weighted by Gasteiger charge is -2.22. The zero-order valence-electron chi connectivity index (χ0n) is 9.25. The van der Waals surface area contributed by atoms with E-state index in [1.807, 2.05) is 5.38 Å². The summed E-state index contributed by atoms with van der Waals surface area (Å²) in [6, 6.07) is 2.07. The second-order valence-corrected chi connectivity index (χ2v) is 6.17. The Balaban J connectivity index is 2.09. The Morgan fingerprint density at radius 2 is 2.12 bits per heavy atom. The second kappa shape index (κ2) is 4.55. The zero-order valence-corrected chi connectivity index (χ0v) is 11.7. The van der Waals surface area contributed by atoms with Crippen molar-refractivity contribution in [2.75, 3.05) is 13.1 Å². The summed E-state index contributed by atoms with van der Waals surface area (Å²) in [5.74, 6) is 0.408. The highest BCUT2D eigenvalue weighted by molar-refractivity contribution is 9.10. The molecule has 3 nitrogen and oxygen atoms in total. The molecule has 0 aromatic carbocycles. The summed E-state index contributed by atoms with van der Waals surface area (Å²) in [6.07, 6.45) is 2.11. The highest BCUT2D eigenvalue weighted by Gasteiger charge is 2.19. The Morgan fingerprint density at radius 1 is 1.35 bits per heavy atom. The number of H-pyrrole nitrogens is 1. The van der Waals surface area contributed by atoms with Crippen LogP contribution in [0.3, 0.4) is 0 Å². The third kappa shape index (κ3) is 2.07. The summed E-state index contributed by atoms with van der Waals surface area (Å²) >= 11 is 5.12. The molecule has 1 aliphatic heterocycles. The molecule has 0 spiro atoms. The number of pyridine rings is 1. The van der Waals surface area contributed by atoms with Crippen LogP contribution in [0.2, 0.25) is 0 Å². The summed E-state index contributed by atoms with van der Waals surface area (Å²) < 4.78 is 2.14. The normalized spacial score (nSPS) is 17.7. The fourth-order valence-electron chi connectivity index (χ4n) is 2.41. The Kier molecular flexibility index (Phi) is 3.06. The first-order valence-electron chi connectivity index (χ1n) is 5.76. The fourth-order valence-corrected chi connectivity index (χ4v) is 3.95. The summed E-state index contributed by atoms with van der Waals surface area (Å²) in [4.78, 5) is 15.1. The molecule has 2 aromatic rings. The van der Waals surface area contributed by atoms with Crippen LogP contribution >= 0.6 is 27.3 Å². The minimum Gasteiger partial charge on any atom is -0.320 e. The number of hydrogen-bond donors (Lipinski definition) is 2. The molecular formula is C12H13BrN2OS. The first-order valence-corrected chi connectivity index (χ1v) is 7.43. The molecule has 17 heavy (non-hydrogen) atoms. The zero-order chi connectivity index (χ0) is 11.8. The number of fused-ring (bicyclic) bond motifs is 1. The highest BCUT2D eigenvalue weighted by Crippen LogP contribution is 2.31. The molecule has 3 rings (SSSR count). The Bertz CT molecular complexity index is 598. The van der Waals surface area contributed by atoms with Gasteiger partial charge in [-0.3, -0.25) is 4.79 Å². The fraction of sp³-hybridized carbons (Fsp3) is 0.417. The maximum absolute atomic E-state index is 12.1. The van der Waals surface area contributed by atoms with Gasteiger partial charge in [0.25, 0.3) is 5.56 Å². The number of thiophene rings is 1. The van der Waals surface area contributed by atoms with Crippen LogP contribution in [0.4, 0.5) is 0 Å². The van der Waals surface area contributed by atoms with Gasteiger partial charge < -0.3 is 10.3 Å². The van der Waals surface area contributed by atoms with Crippen molar-refractivity contribution in [2.24, 2.45) is 0 Å². The number of piperidine rings is 1. The van der Waals surface area contributed by atoms with Gasteiger partial charge in [-0.2, -0.15) is 0 Å². The molecule has 0 aliphatic carbocycles. The van der Waals surface area contributed by atoms with Gasteiger partial charge in [-0.25, -0.2) is 0 Å². The molecule has 0 saturated carbocycles. The minimum absolute atomic E-state index is 0.0727. The molecule has 0 atom stereocenters. The van der Waals surface area contributed by atoms with Gasteiger partial charge in [-0.05, 0) is 53.8 Å². The maximum Gasteiger partial charge on any atom is 0.251 e. The third-order valence-corrected chi connectivity index (χ3v) is 5.20. The monoisotopic (exact) mass is 312 g/mol. The Morgan fingerprint density at radius 3 is 2.88 bits per heavy atom. The maximum atomic E-state index is 12.1. The van der Waals surface area contributed by atoms with E-state index in [0.29, 0.717) is 5.92 Å².